The van der Waals surface area contributed by atoms with Crippen LogP contribution in [0.2, 0.25) is 0 Å². The topological polar surface area (TPSA) is 85.6 Å². The van der Waals surface area contributed by atoms with E-state index in [-0.39, 0.29) is 11.5 Å². The molecular formula is C28H28N4O3S. The summed E-state index contributed by atoms with van der Waals surface area (Å²) < 4.78 is 7.23. The summed E-state index contributed by atoms with van der Waals surface area (Å²) in [5.41, 5.74) is 6.64. The molecule has 1 N–H and O–H groups in total. The van der Waals surface area contributed by atoms with E-state index < -0.39 is 6.04 Å². The van der Waals surface area contributed by atoms with Gasteiger partial charge < -0.3 is 4.74 Å². The molecule has 0 saturated carbocycles. The van der Waals surface area contributed by atoms with E-state index in [1.54, 1.807) is 24.5 Å². The molecule has 0 aliphatic heterocycles. The Kier molecular flexibility index (Phi) is 6.95. The van der Waals surface area contributed by atoms with E-state index in [0.29, 0.717) is 12.0 Å². The summed E-state index contributed by atoms with van der Waals surface area (Å²) >= 11 is 1.60. The highest BCUT2D eigenvalue weighted by Gasteiger charge is 2.23. The lowest BCUT2D eigenvalue weighted by Crippen LogP contribution is -2.34. The summed E-state index contributed by atoms with van der Waals surface area (Å²) in [5, 5.41) is 4.74. The van der Waals surface area contributed by atoms with Crippen LogP contribution in [0.5, 0.6) is 5.75 Å². The molecule has 1 aliphatic carbocycles. The third-order valence-corrected chi connectivity index (χ3v) is 7.69. The van der Waals surface area contributed by atoms with E-state index in [0.717, 1.165) is 53.0 Å². The van der Waals surface area contributed by atoms with Gasteiger partial charge in [-0.3, -0.25) is 14.2 Å². The number of fused-ring (bicyclic) bond motifs is 3. The molecule has 2 aromatic heterocycles. The van der Waals surface area contributed by atoms with Crippen molar-refractivity contribution in [2.45, 2.75) is 52.2 Å². The van der Waals surface area contributed by atoms with Crippen LogP contribution in [0.3, 0.4) is 0 Å². The van der Waals surface area contributed by atoms with Crippen LogP contribution >= 0.6 is 11.3 Å². The minimum absolute atomic E-state index is 0.160. The van der Waals surface area contributed by atoms with E-state index in [9.17, 15) is 9.59 Å². The SMILES string of the molecule is Cc1ccc(COc2ccc(/C=N\NC(=O)[C@@H](C)n3cnc4sc5c(c4c3=O)CCCC5)cc2)cc1. The number of rotatable bonds is 7. The Bertz CT molecular complexity index is 1470. The fraction of sp³-hybridized carbons (Fsp3) is 0.286. The van der Waals surface area contributed by atoms with Gasteiger partial charge in [0.1, 0.15) is 23.2 Å². The van der Waals surface area contributed by atoms with Crippen molar-refractivity contribution in [2.24, 2.45) is 5.10 Å². The quantitative estimate of drug-likeness (QED) is 0.288. The maximum atomic E-state index is 13.2. The van der Waals surface area contributed by atoms with Gasteiger partial charge in [-0.25, -0.2) is 10.4 Å². The van der Waals surface area contributed by atoms with Crippen LogP contribution in [0.15, 0.2) is 64.8 Å². The fourth-order valence-corrected chi connectivity index (χ4v) is 5.55. The van der Waals surface area contributed by atoms with Gasteiger partial charge in [0.2, 0.25) is 0 Å². The van der Waals surface area contributed by atoms with Crippen LogP contribution in [0.4, 0.5) is 0 Å². The Morgan fingerprint density at radius 1 is 1.17 bits per heavy atom. The number of hydrazone groups is 1. The van der Waals surface area contributed by atoms with Crippen LogP contribution in [-0.2, 0) is 24.2 Å². The Labute approximate surface area is 213 Å². The van der Waals surface area contributed by atoms with Gasteiger partial charge in [-0.05, 0) is 80.5 Å². The van der Waals surface area contributed by atoms with Gasteiger partial charge in [0, 0.05) is 4.88 Å². The molecule has 0 saturated heterocycles. The molecule has 8 heteroatoms. The molecule has 1 aliphatic rings. The highest BCUT2D eigenvalue weighted by Crippen LogP contribution is 2.33. The number of nitrogens with zero attached hydrogens (tertiary/aromatic N) is 3. The van der Waals surface area contributed by atoms with Crippen molar-refractivity contribution in [2.75, 3.05) is 0 Å². The number of carbonyl (C=O) groups excluding carboxylic acids is 1. The number of aromatic nitrogens is 2. The van der Waals surface area contributed by atoms with E-state index in [1.165, 1.54) is 21.3 Å². The number of hydrogen-bond acceptors (Lipinski definition) is 6. The smallest absolute Gasteiger partial charge is 0.263 e. The fourth-order valence-electron chi connectivity index (χ4n) is 4.33. The standard InChI is InChI=1S/C28H28N4O3S/c1-18-7-9-21(10-8-18)16-35-22-13-11-20(12-14-22)15-30-31-26(33)19(2)32-17-29-27-25(28(32)34)23-5-3-4-6-24(23)36-27/h7-15,17,19H,3-6,16H2,1-2H3,(H,31,33)/b30-15-/t19-/m1/s1. The molecule has 0 bridgehead atoms. The molecular weight excluding hydrogens is 472 g/mol. The number of amides is 1. The van der Waals surface area contributed by atoms with Gasteiger partial charge in [-0.15, -0.1) is 11.3 Å². The van der Waals surface area contributed by atoms with Gasteiger partial charge in [-0.2, -0.15) is 5.10 Å². The zero-order valence-electron chi connectivity index (χ0n) is 20.4. The first-order chi connectivity index (χ1) is 17.5. The molecule has 0 unspecified atom stereocenters. The second-order valence-electron chi connectivity index (χ2n) is 9.10. The van der Waals surface area contributed by atoms with E-state index >= 15 is 0 Å². The Hall–Kier alpha value is -3.78. The van der Waals surface area contributed by atoms with Crippen molar-refractivity contribution in [3.63, 3.8) is 0 Å². The lowest BCUT2D eigenvalue weighted by molar-refractivity contribution is -0.123. The van der Waals surface area contributed by atoms with Crippen LogP contribution in [0.25, 0.3) is 10.2 Å². The van der Waals surface area contributed by atoms with Gasteiger partial charge in [-0.1, -0.05) is 29.8 Å². The van der Waals surface area contributed by atoms with Crippen molar-refractivity contribution >= 4 is 33.7 Å². The predicted molar refractivity (Wildman–Crippen MR) is 143 cm³/mol. The van der Waals surface area contributed by atoms with Crippen molar-refractivity contribution in [1.29, 1.82) is 0 Å². The van der Waals surface area contributed by atoms with Crippen molar-refractivity contribution in [1.82, 2.24) is 15.0 Å². The maximum absolute atomic E-state index is 13.2. The van der Waals surface area contributed by atoms with Crippen LogP contribution in [-0.4, -0.2) is 21.7 Å². The van der Waals surface area contributed by atoms with E-state index in [4.69, 9.17) is 4.74 Å². The summed E-state index contributed by atoms with van der Waals surface area (Å²) in [6.45, 7) is 4.23. The predicted octanol–water partition coefficient (Wildman–Crippen LogP) is 4.94. The Morgan fingerprint density at radius 3 is 2.69 bits per heavy atom. The molecule has 0 fully saturated rings. The average molecular weight is 501 g/mol. The summed E-state index contributed by atoms with van der Waals surface area (Å²) in [6.07, 6.45) is 7.16. The summed E-state index contributed by atoms with van der Waals surface area (Å²) in [4.78, 5) is 32.4. The van der Waals surface area contributed by atoms with Crippen LogP contribution in [0, 0.1) is 6.92 Å². The molecule has 7 nitrogen and oxygen atoms in total. The van der Waals surface area contributed by atoms with Crippen molar-refractivity contribution in [3.8, 4) is 5.75 Å². The first kappa shape index (κ1) is 23.9. The van der Waals surface area contributed by atoms with Gasteiger partial charge in [0.25, 0.3) is 11.5 Å². The van der Waals surface area contributed by atoms with Gasteiger partial charge in [0.15, 0.2) is 0 Å². The van der Waals surface area contributed by atoms with Gasteiger partial charge >= 0.3 is 0 Å². The molecule has 2 heterocycles. The number of carbonyl (C=O) groups is 1. The number of hydrogen-bond donors (Lipinski definition) is 1. The molecule has 4 aromatic rings. The second-order valence-corrected chi connectivity index (χ2v) is 10.2. The third-order valence-electron chi connectivity index (χ3n) is 6.49. The zero-order valence-corrected chi connectivity index (χ0v) is 21.2. The lowest BCUT2D eigenvalue weighted by Gasteiger charge is -2.14. The average Bonchev–Trinajstić information content (AvgIpc) is 3.28. The molecule has 36 heavy (non-hydrogen) atoms. The number of thiophene rings is 1. The normalized spacial score (nSPS) is 14.1. The minimum atomic E-state index is -0.733. The Morgan fingerprint density at radius 2 is 1.92 bits per heavy atom. The molecule has 1 atom stereocenters. The largest absolute Gasteiger partial charge is 0.489 e. The summed E-state index contributed by atoms with van der Waals surface area (Å²) in [6, 6.07) is 15.0. The molecule has 0 radical (unpaired) electrons. The van der Waals surface area contributed by atoms with E-state index in [2.05, 4.69) is 46.7 Å². The molecule has 1 amide bonds. The van der Waals surface area contributed by atoms with Crippen molar-refractivity contribution in [3.05, 3.63) is 92.3 Å². The van der Waals surface area contributed by atoms with Crippen molar-refractivity contribution < 1.29 is 9.53 Å². The summed E-state index contributed by atoms with van der Waals surface area (Å²) in [5.74, 6) is 0.375. The molecule has 184 valence electrons. The second kappa shape index (κ2) is 10.5. The highest BCUT2D eigenvalue weighted by atomic mass is 32.1. The number of nitrogens with one attached hydrogen (secondary N) is 1. The number of benzene rings is 2. The minimum Gasteiger partial charge on any atom is -0.489 e. The number of aryl methyl sites for hydroxylation is 3. The van der Waals surface area contributed by atoms with Crippen LogP contribution in [0.1, 0.15) is 52.9 Å². The maximum Gasteiger partial charge on any atom is 0.263 e. The van der Waals surface area contributed by atoms with E-state index in [1.807, 2.05) is 24.3 Å². The molecule has 5 rings (SSSR count). The Balaban J connectivity index is 1.20. The number of ether oxygens (including phenoxy) is 1. The molecule has 2 aromatic carbocycles. The van der Waals surface area contributed by atoms with Gasteiger partial charge in [0.05, 0.1) is 17.9 Å². The molecule has 0 spiro atoms. The first-order valence-electron chi connectivity index (χ1n) is 12.1. The lowest BCUT2D eigenvalue weighted by atomic mass is 9.97. The summed E-state index contributed by atoms with van der Waals surface area (Å²) in [7, 11) is 0. The first-order valence-corrected chi connectivity index (χ1v) is 12.9. The van der Waals surface area contributed by atoms with Crippen LogP contribution < -0.4 is 15.7 Å². The highest BCUT2D eigenvalue weighted by molar-refractivity contribution is 7.18. The zero-order chi connectivity index (χ0) is 25.1. The monoisotopic (exact) mass is 500 g/mol. The third kappa shape index (κ3) is 5.09.